The van der Waals surface area contributed by atoms with Gasteiger partial charge in [0.15, 0.2) is 11.4 Å². The van der Waals surface area contributed by atoms with Gasteiger partial charge in [0.05, 0.1) is 18.5 Å². The van der Waals surface area contributed by atoms with Crippen molar-refractivity contribution in [2.75, 3.05) is 0 Å². The summed E-state index contributed by atoms with van der Waals surface area (Å²) in [7, 11) is 0. The van der Waals surface area contributed by atoms with Crippen molar-refractivity contribution in [3.8, 4) is 33.8 Å². The van der Waals surface area contributed by atoms with Gasteiger partial charge < -0.3 is 4.42 Å². The van der Waals surface area contributed by atoms with E-state index in [0.717, 1.165) is 48.9 Å². The molecule has 58 heavy (non-hydrogen) atoms. The van der Waals surface area contributed by atoms with Crippen LogP contribution in [-0.2, 0) is 38.2 Å². The van der Waals surface area contributed by atoms with E-state index in [4.69, 9.17) is 14.0 Å². The zero-order valence-electron chi connectivity index (χ0n) is 49.6. The predicted octanol–water partition coefficient (Wildman–Crippen LogP) is 12.9. The third kappa shape index (κ3) is 7.94. The molecule has 0 radical (unpaired) electrons. The molecule has 0 aliphatic rings. The van der Waals surface area contributed by atoms with Crippen molar-refractivity contribution >= 4 is 21.9 Å². The highest BCUT2D eigenvalue weighted by atomic mass is 19.1. The molecule has 0 spiro atoms. The molecule has 0 bridgehead atoms. The Kier molecular flexibility index (Phi) is 5.98. The van der Waals surface area contributed by atoms with E-state index in [9.17, 15) is 16.4 Å². The summed E-state index contributed by atoms with van der Waals surface area (Å²) in [6.45, 7) is -6.15. The van der Waals surface area contributed by atoms with Crippen molar-refractivity contribution in [1.29, 1.82) is 0 Å². The van der Waals surface area contributed by atoms with Crippen LogP contribution in [0.25, 0.3) is 55.7 Å². The van der Waals surface area contributed by atoms with Gasteiger partial charge in [-0.05, 0) is 127 Å². The molecule has 0 aliphatic heterocycles. The van der Waals surface area contributed by atoms with Gasteiger partial charge in [-0.15, -0.1) is 0 Å². The van der Waals surface area contributed by atoms with E-state index in [1.54, 1.807) is 78.9 Å². The van der Waals surface area contributed by atoms with Gasteiger partial charge in [0.1, 0.15) is 5.58 Å². The van der Waals surface area contributed by atoms with Gasteiger partial charge in [-0.1, -0.05) is 109 Å². The van der Waals surface area contributed by atoms with E-state index < -0.39 is 102 Å². The van der Waals surface area contributed by atoms with E-state index in [1.807, 2.05) is 0 Å². The number of halogens is 1. The Morgan fingerprint density at radius 1 is 0.517 bits per heavy atom. The van der Waals surface area contributed by atoms with Crippen LogP contribution in [0.3, 0.4) is 0 Å². The van der Waals surface area contributed by atoms with Gasteiger partial charge in [-0.3, -0.25) is 15.0 Å². The molecule has 0 unspecified atom stereocenters. The molecule has 0 amide bonds. The van der Waals surface area contributed by atoms with E-state index in [1.165, 1.54) is 24.3 Å². The third-order valence-electron chi connectivity index (χ3n) is 9.37. The lowest BCUT2D eigenvalue weighted by Gasteiger charge is -2.13. The average molecular weight is 777 g/mol. The number of benzene rings is 5. The zero-order chi connectivity index (χ0) is 56.1. The number of hydrogen-bond acceptors (Lipinski definition) is 4. The number of nitrogens with zero attached hydrogens (tertiary/aromatic N) is 3. The molecule has 4 nitrogen and oxygen atoms in total. The van der Waals surface area contributed by atoms with Gasteiger partial charge in [0.25, 0.3) is 0 Å². The quantitative estimate of drug-likeness (QED) is 0.124. The molecule has 9 aromatic rings. The van der Waals surface area contributed by atoms with Crippen molar-refractivity contribution < 1.29 is 34.9 Å². The topological polar surface area (TPSA) is 51.8 Å². The summed E-state index contributed by atoms with van der Waals surface area (Å²) >= 11 is 0. The number of aromatic nitrogens is 3. The first-order valence-corrected chi connectivity index (χ1v) is 18.2. The largest absolute Gasteiger partial charge is 0.452 e. The Hall–Kier alpha value is -6.72. The smallest absolute Gasteiger partial charge is 0.171 e. The predicted molar refractivity (Wildman–Crippen MR) is 234 cm³/mol. The van der Waals surface area contributed by atoms with Crippen LogP contribution in [0.1, 0.15) is 70.6 Å². The van der Waals surface area contributed by atoms with E-state index >= 15 is 4.39 Å². The number of aryl methyl sites for hydroxylation is 8. The first kappa shape index (κ1) is 21.2. The molecular weight excluding hydrogens is 714 g/mol. The molecule has 4 aromatic heterocycles. The van der Waals surface area contributed by atoms with Crippen LogP contribution in [0.4, 0.5) is 4.39 Å². The van der Waals surface area contributed by atoms with Crippen LogP contribution in [0, 0.1) is 19.5 Å². The second kappa shape index (κ2) is 16.4. The highest BCUT2D eigenvalue weighted by molar-refractivity contribution is 6.09. The molecule has 5 aromatic carbocycles. The minimum atomic E-state index is -3.49. The summed E-state index contributed by atoms with van der Waals surface area (Å²) in [6, 6.07) is 30.9. The van der Waals surface area contributed by atoms with Crippen LogP contribution in [0.5, 0.6) is 0 Å². The average Bonchev–Trinajstić information content (AvgIpc) is 3.84. The number of pyridine rings is 3. The number of fused-ring (bicyclic) bond motifs is 3. The van der Waals surface area contributed by atoms with Crippen molar-refractivity contribution in [2.24, 2.45) is 0 Å². The summed E-state index contributed by atoms with van der Waals surface area (Å²) in [5, 5.41) is 0.877. The molecule has 0 saturated carbocycles. The summed E-state index contributed by atoms with van der Waals surface area (Å²) in [4.78, 5) is 13.0. The van der Waals surface area contributed by atoms with Crippen molar-refractivity contribution in [3.05, 3.63) is 208 Å². The fraction of sp³-hybridized carbons (Fsp3) is 0.151. The van der Waals surface area contributed by atoms with Crippen LogP contribution in [0.15, 0.2) is 163 Å². The molecule has 0 atom stereocenters. The molecule has 5 heteroatoms. The van der Waals surface area contributed by atoms with Gasteiger partial charge in [-0.2, -0.15) is 0 Å². The summed E-state index contributed by atoms with van der Waals surface area (Å²) < 4.78 is 193. The SMILES string of the molecule is [2H]c1ccc2c(oc3c(-c4ccc(C([2H])([2H])C([2H])([2H])c5cc(C([2H])([2H])C([2H])([2H])c6cnc(-c7ccccc7)cc6C([2H])([2H])[2H])cc(C([2H])([2H])C([2H])([2H])c6cnc(-c7ccccc7)cc6C([2H])([2H])[2H])c5)cn4)cccc32)c1F. The van der Waals surface area contributed by atoms with E-state index in [2.05, 4.69) is 15.0 Å². The van der Waals surface area contributed by atoms with E-state index in [0.29, 0.717) is 27.5 Å². The lowest BCUT2D eigenvalue weighted by molar-refractivity contribution is 0.584. The molecule has 284 valence electrons. The molecule has 0 fully saturated rings. The highest BCUT2D eigenvalue weighted by Crippen LogP contribution is 2.36. The van der Waals surface area contributed by atoms with Crippen molar-refractivity contribution in [1.82, 2.24) is 15.0 Å². The fourth-order valence-corrected chi connectivity index (χ4v) is 6.47. The number of para-hydroxylation sites is 2. The second-order valence-electron chi connectivity index (χ2n) is 13.3. The number of furan rings is 1. The highest BCUT2D eigenvalue weighted by Gasteiger charge is 2.16. The maximum atomic E-state index is 15.0. The van der Waals surface area contributed by atoms with Gasteiger partial charge >= 0.3 is 0 Å². The van der Waals surface area contributed by atoms with Crippen molar-refractivity contribution in [3.63, 3.8) is 0 Å². The molecule has 4 heterocycles. The monoisotopic (exact) mass is 776 g/mol. The summed E-state index contributed by atoms with van der Waals surface area (Å²) in [6.07, 6.45) is -17.6. The molecular formula is C53H44FN3O. The Morgan fingerprint density at radius 3 is 1.62 bits per heavy atom. The number of hydrogen-bond donors (Lipinski definition) is 0. The van der Waals surface area contributed by atoms with Crippen LogP contribution in [0.2, 0.25) is 0 Å². The molecule has 0 aliphatic carbocycles. The second-order valence-corrected chi connectivity index (χ2v) is 13.3. The van der Waals surface area contributed by atoms with Crippen LogP contribution in [-0.4, -0.2) is 15.0 Å². The minimum Gasteiger partial charge on any atom is -0.452 e. The van der Waals surface area contributed by atoms with Crippen LogP contribution >= 0.6 is 0 Å². The normalized spacial score (nSPS) is 18.2. The molecule has 0 N–H and O–H groups in total. The van der Waals surface area contributed by atoms with Gasteiger partial charge in [0, 0.05) is 70.7 Å². The summed E-state index contributed by atoms with van der Waals surface area (Å²) in [5.41, 5.74) is -4.10. The maximum absolute atomic E-state index is 15.0. The zero-order valence-corrected chi connectivity index (χ0v) is 30.6. The van der Waals surface area contributed by atoms with E-state index in [-0.39, 0.29) is 34.3 Å². The lowest BCUT2D eigenvalue weighted by Crippen LogP contribution is -2.02. The standard InChI is InChI=1S/C53H44FN3O/c1-35-27-50(41-11-5-3-6-12-41)56-33-43(35)24-21-39-29-38(30-40(31-39)22-25-44-34-57-51(28-36(44)2)42-13-7-4-8-14-42)20-19-37-23-26-49(55-32-37)47-17-9-15-45-46-16-10-18-48(54)53(46)58-52(45)47/h3-18,23,26-34H,19-22,24-25H2,1-2H3/i1D3,2D3,18D,19D2,20D2,21D2,22D2,24D2,25D2. The maximum Gasteiger partial charge on any atom is 0.171 e. The van der Waals surface area contributed by atoms with Gasteiger partial charge in [0.2, 0.25) is 0 Å². The van der Waals surface area contributed by atoms with Crippen LogP contribution < -0.4 is 0 Å². The third-order valence-corrected chi connectivity index (χ3v) is 9.37. The Balaban J connectivity index is 1.20. The minimum absolute atomic E-state index is 0.113. The first-order valence-electron chi connectivity index (χ1n) is 27.7. The molecule has 9 rings (SSSR count). The Labute approximate surface area is 365 Å². The summed E-state index contributed by atoms with van der Waals surface area (Å²) in [5.74, 6) is -0.881. The van der Waals surface area contributed by atoms with Crippen molar-refractivity contribution in [2.45, 2.75) is 51.9 Å². The first-order chi connectivity index (χ1) is 35.8. The van der Waals surface area contributed by atoms with Gasteiger partial charge in [-0.25, -0.2) is 4.39 Å². The fourth-order valence-electron chi connectivity index (χ4n) is 6.47. The Bertz CT molecular complexity index is 3570. The lowest BCUT2D eigenvalue weighted by atomic mass is 9.93. The Morgan fingerprint density at radius 2 is 1.05 bits per heavy atom. The number of rotatable bonds is 12. The molecule has 0 saturated heterocycles.